The van der Waals surface area contributed by atoms with Crippen LogP contribution in [0.2, 0.25) is 0 Å². The van der Waals surface area contributed by atoms with Gasteiger partial charge in [-0.15, -0.1) is 12.4 Å². The highest BCUT2D eigenvalue weighted by Crippen LogP contribution is 2.33. The monoisotopic (exact) mass is 341 g/mol. The number of aromatic nitrogens is 2. The lowest BCUT2D eigenvalue weighted by Gasteiger charge is -2.24. The van der Waals surface area contributed by atoms with Gasteiger partial charge < -0.3 is 16.0 Å². The van der Waals surface area contributed by atoms with Crippen molar-refractivity contribution in [2.45, 2.75) is 50.7 Å². The summed E-state index contributed by atoms with van der Waals surface area (Å²) in [6, 6.07) is 0.385. The summed E-state index contributed by atoms with van der Waals surface area (Å²) >= 11 is 0. The van der Waals surface area contributed by atoms with E-state index in [-0.39, 0.29) is 36.8 Å². The summed E-state index contributed by atoms with van der Waals surface area (Å²) < 4.78 is 1.51. The first-order valence-corrected chi connectivity index (χ1v) is 7.95. The van der Waals surface area contributed by atoms with E-state index in [0.717, 1.165) is 6.42 Å². The van der Waals surface area contributed by atoms with Gasteiger partial charge in [-0.05, 0) is 25.2 Å². The van der Waals surface area contributed by atoms with E-state index in [1.54, 1.807) is 19.4 Å². The maximum atomic E-state index is 12.4. The highest BCUT2D eigenvalue weighted by Gasteiger charge is 2.38. The predicted octanol–water partition coefficient (Wildman–Crippen LogP) is 0.910. The molecule has 2 heterocycles. The summed E-state index contributed by atoms with van der Waals surface area (Å²) in [7, 11) is 1.58. The van der Waals surface area contributed by atoms with E-state index in [0.29, 0.717) is 17.6 Å². The molecule has 0 radical (unpaired) electrons. The predicted molar refractivity (Wildman–Crippen MR) is 89.5 cm³/mol. The number of fused-ring (bicyclic) bond motifs is 1. The van der Waals surface area contributed by atoms with Crippen molar-refractivity contribution in [1.82, 2.24) is 20.4 Å². The Labute approximate surface area is 142 Å². The molecular formula is C15H24ClN5O2. The molecule has 1 aliphatic heterocycles. The van der Waals surface area contributed by atoms with Gasteiger partial charge in [0.15, 0.2) is 0 Å². The normalized spacial score (nSPS) is 26.0. The fraction of sp³-hybridized carbons (Fsp3) is 0.667. The molecule has 1 saturated carbocycles. The van der Waals surface area contributed by atoms with Gasteiger partial charge >= 0.3 is 0 Å². The second kappa shape index (κ2) is 7.79. The van der Waals surface area contributed by atoms with Crippen molar-refractivity contribution in [3.05, 3.63) is 12.4 Å². The van der Waals surface area contributed by atoms with Gasteiger partial charge in [0.1, 0.15) is 6.54 Å². The van der Waals surface area contributed by atoms with Crippen molar-refractivity contribution in [2.24, 2.45) is 5.92 Å². The molecule has 3 rings (SSSR count). The second-order valence-electron chi connectivity index (χ2n) is 6.20. The summed E-state index contributed by atoms with van der Waals surface area (Å²) in [5, 5.41) is 13.0. The fourth-order valence-electron chi connectivity index (χ4n) is 3.49. The Kier molecular flexibility index (Phi) is 6.01. The number of likely N-dealkylation sites (N-methyl/N-ethyl adjacent to an activating group) is 1. The number of amides is 2. The molecule has 3 unspecified atom stereocenters. The van der Waals surface area contributed by atoms with E-state index in [1.807, 2.05) is 0 Å². The number of halogens is 1. The molecule has 1 aromatic rings. The zero-order valence-electron chi connectivity index (χ0n) is 13.2. The summed E-state index contributed by atoms with van der Waals surface area (Å²) in [5.74, 6) is 0.511. The van der Waals surface area contributed by atoms with E-state index >= 15 is 0 Å². The Morgan fingerprint density at radius 1 is 1.39 bits per heavy atom. The Morgan fingerprint density at radius 2 is 2.17 bits per heavy atom. The third-order valence-electron chi connectivity index (χ3n) is 4.66. The van der Waals surface area contributed by atoms with E-state index in [1.165, 1.54) is 30.4 Å². The van der Waals surface area contributed by atoms with Gasteiger partial charge in [0.25, 0.3) is 0 Å². The molecule has 23 heavy (non-hydrogen) atoms. The summed E-state index contributed by atoms with van der Waals surface area (Å²) in [6.07, 6.45) is 9.11. The van der Waals surface area contributed by atoms with E-state index in [4.69, 9.17) is 0 Å². The number of carbonyl (C=O) groups is 2. The number of nitrogens with one attached hydrogen (secondary N) is 3. The van der Waals surface area contributed by atoms with Crippen molar-refractivity contribution < 1.29 is 9.59 Å². The van der Waals surface area contributed by atoms with Gasteiger partial charge in [-0.25, -0.2) is 0 Å². The molecule has 2 fully saturated rings. The standard InChI is InChI=1S/C15H23N5O2.ClH/c1-16-14(21)9-20-8-11(7-17-20)18-15(22)13-6-10-4-2-3-5-12(10)19-13;/h7-8,10,12-13,19H,2-6,9H2,1H3,(H,16,21)(H,18,22);1H. The minimum absolute atomic E-state index is 0. The van der Waals surface area contributed by atoms with Crippen molar-refractivity contribution >= 4 is 29.9 Å². The third-order valence-corrected chi connectivity index (χ3v) is 4.66. The lowest BCUT2D eigenvalue weighted by Crippen LogP contribution is -2.39. The minimum Gasteiger partial charge on any atom is -0.358 e. The molecule has 3 N–H and O–H groups in total. The number of carbonyl (C=O) groups excluding carboxylic acids is 2. The summed E-state index contributed by atoms with van der Waals surface area (Å²) in [5.41, 5.74) is 0.630. The van der Waals surface area contributed by atoms with Crippen LogP contribution in [-0.2, 0) is 16.1 Å². The molecule has 1 aromatic heterocycles. The van der Waals surface area contributed by atoms with Crippen LogP contribution in [0.5, 0.6) is 0 Å². The maximum Gasteiger partial charge on any atom is 0.241 e. The Morgan fingerprint density at radius 3 is 2.91 bits per heavy atom. The Balaban J connectivity index is 0.00000192. The first-order chi connectivity index (χ1) is 10.7. The first kappa shape index (κ1) is 17.7. The van der Waals surface area contributed by atoms with Gasteiger partial charge in [0.05, 0.1) is 17.9 Å². The largest absolute Gasteiger partial charge is 0.358 e. The fourth-order valence-corrected chi connectivity index (χ4v) is 3.49. The molecule has 3 atom stereocenters. The maximum absolute atomic E-state index is 12.4. The van der Waals surface area contributed by atoms with E-state index in [9.17, 15) is 9.59 Å². The number of hydrogen-bond acceptors (Lipinski definition) is 4. The quantitative estimate of drug-likeness (QED) is 0.759. The number of nitrogens with zero attached hydrogens (tertiary/aromatic N) is 2. The molecule has 0 spiro atoms. The Bertz CT molecular complexity index is 548. The van der Waals surface area contributed by atoms with Crippen molar-refractivity contribution in [1.29, 1.82) is 0 Å². The molecule has 0 aromatic carbocycles. The molecule has 8 heteroatoms. The number of rotatable bonds is 4. The molecule has 128 valence electrons. The molecule has 2 amide bonds. The van der Waals surface area contributed by atoms with Crippen LogP contribution in [0.15, 0.2) is 12.4 Å². The minimum atomic E-state index is -0.123. The molecular weight excluding hydrogens is 318 g/mol. The van der Waals surface area contributed by atoms with Crippen LogP contribution in [0, 0.1) is 5.92 Å². The summed E-state index contributed by atoms with van der Waals surface area (Å²) in [4.78, 5) is 23.7. The van der Waals surface area contributed by atoms with E-state index < -0.39 is 0 Å². The second-order valence-corrected chi connectivity index (χ2v) is 6.20. The van der Waals surface area contributed by atoms with Crippen LogP contribution in [0.25, 0.3) is 0 Å². The van der Waals surface area contributed by atoms with Crippen molar-refractivity contribution in [3.63, 3.8) is 0 Å². The average Bonchev–Trinajstić information content (AvgIpc) is 3.13. The summed E-state index contributed by atoms with van der Waals surface area (Å²) in [6.45, 7) is 0.151. The van der Waals surface area contributed by atoms with Crippen LogP contribution < -0.4 is 16.0 Å². The lowest BCUT2D eigenvalue weighted by atomic mass is 9.85. The highest BCUT2D eigenvalue weighted by atomic mass is 35.5. The zero-order chi connectivity index (χ0) is 15.5. The number of anilines is 1. The Hall–Kier alpha value is -1.60. The molecule has 2 aliphatic rings. The SMILES string of the molecule is CNC(=O)Cn1cc(NC(=O)C2CC3CCCCC3N2)cn1.Cl. The van der Waals surface area contributed by atoms with Crippen LogP contribution in [0.1, 0.15) is 32.1 Å². The van der Waals surface area contributed by atoms with Crippen LogP contribution >= 0.6 is 12.4 Å². The highest BCUT2D eigenvalue weighted by molar-refractivity contribution is 5.94. The first-order valence-electron chi connectivity index (χ1n) is 7.95. The molecule has 7 nitrogen and oxygen atoms in total. The topological polar surface area (TPSA) is 88.0 Å². The van der Waals surface area contributed by atoms with Crippen LogP contribution in [0.3, 0.4) is 0 Å². The van der Waals surface area contributed by atoms with Gasteiger partial charge in [0.2, 0.25) is 11.8 Å². The van der Waals surface area contributed by atoms with Gasteiger partial charge in [0, 0.05) is 19.3 Å². The lowest BCUT2D eigenvalue weighted by molar-refractivity contribution is -0.121. The molecule has 0 bridgehead atoms. The van der Waals surface area contributed by atoms with Crippen LogP contribution in [0.4, 0.5) is 5.69 Å². The number of hydrogen-bond donors (Lipinski definition) is 3. The van der Waals surface area contributed by atoms with Crippen LogP contribution in [-0.4, -0.2) is 40.7 Å². The zero-order valence-corrected chi connectivity index (χ0v) is 14.1. The van der Waals surface area contributed by atoms with Gasteiger partial charge in [-0.1, -0.05) is 12.8 Å². The third kappa shape index (κ3) is 4.23. The molecule has 1 saturated heterocycles. The van der Waals surface area contributed by atoms with Gasteiger partial charge in [-0.2, -0.15) is 5.10 Å². The van der Waals surface area contributed by atoms with E-state index in [2.05, 4.69) is 21.0 Å². The van der Waals surface area contributed by atoms with Gasteiger partial charge in [-0.3, -0.25) is 14.3 Å². The van der Waals surface area contributed by atoms with Crippen molar-refractivity contribution in [2.75, 3.05) is 12.4 Å². The molecule has 1 aliphatic carbocycles. The smallest absolute Gasteiger partial charge is 0.241 e. The average molecular weight is 342 g/mol. The van der Waals surface area contributed by atoms with Crippen molar-refractivity contribution in [3.8, 4) is 0 Å².